The molecule has 3 N–H and O–H groups in total. The van der Waals surface area contributed by atoms with Crippen LogP contribution < -0.4 is 15.8 Å². The van der Waals surface area contributed by atoms with Crippen molar-refractivity contribution < 1.29 is 13.9 Å². The van der Waals surface area contributed by atoms with Crippen molar-refractivity contribution in [3.63, 3.8) is 0 Å². The van der Waals surface area contributed by atoms with Gasteiger partial charge in [0, 0.05) is 24.7 Å². The second kappa shape index (κ2) is 8.43. The van der Waals surface area contributed by atoms with Crippen LogP contribution in [0.5, 0.6) is 10.9 Å². The molecular formula is C23H25FN4O2S. The van der Waals surface area contributed by atoms with Gasteiger partial charge in [-0.25, -0.2) is 14.2 Å². The highest BCUT2D eigenvalue weighted by molar-refractivity contribution is 7.20. The summed E-state index contributed by atoms with van der Waals surface area (Å²) in [7, 11) is 0. The van der Waals surface area contributed by atoms with E-state index in [0.717, 1.165) is 41.8 Å². The molecule has 31 heavy (non-hydrogen) atoms. The van der Waals surface area contributed by atoms with Crippen LogP contribution in [0.1, 0.15) is 31.2 Å². The van der Waals surface area contributed by atoms with Gasteiger partial charge in [-0.2, -0.15) is 0 Å². The van der Waals surface area contributed by atoms with Crippen LogP contribution in [0.15, 0.2) is 42.5 Å². The summed E-state index contributed by atoms with van der Waals surface area (Å²) in [5.41, 5.74) is 7.30. The van der Waals surface area contributed by atoms with Gasteiger partial charge in [-0.3, -0.25) is 4.90 Å². The van der Waals surface area contributed by atoms with Crippen molar-refractivity contribution >= 4 is 27.6 Å². The smallest absolute Gasteiger partial charge is 0.312 e. The number of hydrogen-bond donors (Lipinski definition) is 2. The molecule has 6 nitrogen and oxygen atoms in total. The Morgan fingerprint density at radius 1 is 1.19 bits per heavy atom. The standard InChI is InChI=1S/C23H25FN4O2S/c24-15-3-8-20-21(11-15)31-23(27-20)30-19-6-1-14(2-7-19)9-10-28-17-4-5-18(28)13-16(12-17)26-22(25)29/h1-3,6-8,11,16-18H,4-5,9-10,12-13H2,(H3,25,26,29)/t16-,17-,18+. The molecule has 2 aromatic carbocycles. The van der Waals surface area contributed by atoms with E-state index in [4.69, 9.17) is 10.5 Å². The lowest BCUT2D eigenvalue weighted by Gasteiger charge is -2.39. The van der Waals surface area contributed by atoms with E-state index in [2.05, 4.69) is 27.3 Å². The quantitative estimate of drug-likeness (QED) is 0.594. The third-order valence-electron chi connectivity index (χ3n) is 6.35. The van der Waals surface area contributed by atoms with Gasteiger partial charge in [0.2, 0.25) is 0 Å². The fraction of sp³-hybridized carbons (Fsp3) is 0.391. The highest BCUT2D eigenvalue weighted by Gasteiger charge is 2.40. The van der Waals surface area contributed by atoms with Gasteiger partial charge in [-0.15, -0.1) is 0 Å². The Labute approximate surface area is 184 Å². The SMILES string of the molecule is NC(=O)N[C@@H]1C[C@H]2CC[C@@H](C1)N2CCc1ccc(Oc2nc3ccc(F)cc3s2)cc1. The number of hydrogen-bond acceptors (Lipinski definition) is 5. The van der Waals surface area contributed by atoms with Crippen LogP contribution in [-0.4, -0.2) is 40.6 Å². The van der Waals surface area contributed by atoms with Gasteiger partial charge in [0.1, 0.15) is 11.6 Å². The maximum atomic E-state index is 13.4. The Kier molecular flexibility index (Phi) is 5.50. The molecule has 3 atom stereocenters. The zero-order chi connectivity index (χ0) is 21.4. The fourth-order valence-electron chi connectivity index (χ4n) is 4.96. The Bertz CT molecular complexity index is 1070. The normalized spacial score (nSPS) is 23.2. The van der Waals surface area contributed by atoms with Crippen molar-refractivity contribution in [3.8, 4) is 10.9 Å². The van der Waals surface area contributed by atoms with Crippen molar-refractivity contribution in [2.24, 2.45) is 5.73 Å². The summed E-state index contributed by atoms with van der Waals surface area (Å²) in [4.78, 5) is 18.2. The van der Waals surface area contributed by atoms with Gasteiger partial charge in [0.25, 0.3) is 5.19 Å². The number of urea groups is 1. The maximum absolute atomic E-state index is 13.4. The van der Waals surface area contributed by atoms with E-state index in [1.54, 1.807) is 6.07 Å². The summed E-state index contributed by atoms with van der Waals surface area (Å²) in [5.74, 6) is 0.454. The van der Waals surface area contributed by atoms with Crippen LogP contribution >= 0.6 is 11.3 Å². The molecule has 2 amide bonds. The second-order valence-corrected chi connectivity index (χ2v) is 9.38. The maximum Gasteiger partial charge on any atom is 0.312 e. The van der Waals surface area contributed by atoms with Crippen molar-refractivity contribution in [1.29, 1.82) is 0 Å². The Morgan fingerprint density at radius 3 is 2.65 bits per heavy atom. The van der Waals surface area contributed by atoms with Gasteiger partial charge in [0.15, 0.2) is 0 Å². The highest BCUT2D eigenvalue weighted by Crippen LogP contribution is 2.36. The first kappa shape index (κ1) is 20.2. The molecule has 2 saturated heterocycles. The molecule has 2 aliphatic heterocycles. The van der Waals surface area contributed by atoms with E-state index >= 15 is 0 Å². The van der Waals surface area contributed by atoms with Gasteiger partial charge in [-0.05, 0) is 68.0 Å². The van der Waals surface area contributed by atoms with Crippen LogP contribution in [-0.2, 0) is 6.42 Å². The van der Waals surface area contributed by atoms with E-state index < -0.39 is 6.03 Å². The second-order valence-electron chi connectivity index (χ2n) is 8.39. The number of rotatable bonds is 6. The first-order chi connectivity index (χ1) is 15.0. The molecule has 2 fully saturated rings. The molecule has 2 bridgehead atoms. The molecule has 5 rings (SSSR count). The van der Waals surface area contributed by atoms with Gasteiger partial charge in [0.05, 0.1) is 10.2 Å². The topological polar surface area (TPSA) is 80.5 Å². The van der Waals surface area contributed by atoms with Crippen LogP contribution in [0.4, 0.5) is 9.18 Å². The summed E-state index contributed by atoms with van der Waals surface area (Å²) in [6, 6.07) is 13.5. The zero-order valence-corrected chi connectivity index (χ0v) is 17.9. The first-order valence-corrected chi connectivity index (χ1v) is 11.5. The number of nitrogens with one attached hydrogen (secondary N) is 1. The van der Waals surface area contributed by atoms with Gasteiger partial charge in [-0.1, -0.05) is 23.5 Å². The molecule has 0 saturated carbocycles. The van der Waals surface area contributed by atoms with Crippen LogP contribution in [0.3, 0.4) is 0 Å². The van der Waals surface area contributed by atoms with E-state index in [1.807, 2.05) is 12.1 Å². The molecule has 0 aliphatic carbocycles. The highest BCUT2D eigenvalue weighted by atomic mass is 32.1. The summed E-state index contributed by atoms with van der Waals surface area (Å²) >= 11 is 1.34. The zero-order valence-electron chi connectivity index (χ0n) is 17.1. The number of thiazole rings is 1. The van der Waals surface area contributed by atoms with E-state index in [0.29, 0.717) is 17.3 Å². The molecule has 3 heterocycles. The largest absolute Gasteiger partial charge is 0.431 e. The summed E-state index contributed by atoms with van der Waals surface area (Å²) in [5, 5.41) is 3.40. The number of nitrogens with zero attached hydrogens (tertiary/aromatic N) is 2. The number of benzene rings is 2. The number of aromatic nitrogens is 1. The van der Waals surface area contributed by atoms with Crippen molar-refractivity contribution in [1.82, 2.24) is 15.2 Å². The minimum absolute atomic E-state index is 0.210. The van der Waals surface area contributed by atoms with Crippen molar-refractivity contribution in [2.45, 2.75) is 50.2 Å². The molecule has 2 aliphatic rings. The van der Waals surface area contributed by atoms with Crippen LogP contribution in [0.2, 0.25) is 0 Å². The molecule has 0 unspecified atom stereocenters. The minimum atomic E-state index is -0.418. The number of nitrogens with two attached hydrogens (primary N) is 1. The van der Waals surface area contributed by atoms with Gasteiger partial charge >= 0.3 is 6.03 Å². The van der Waals surface area contributed by atoms with E-state index in [-0.39, 0.29) is 11.9 Å². The third-order valence-corrected chi connectivity index (χ3v) is 7.24. The number of primary amides is 1. The summed E-state index contributed by atoms with van der Waals surface area (Å²) in [6.45, 7) is 1.02. The Hall–Kier alpha value is -2.71. The molecule has 1 aromatic heterocycles. The number of halogens is 1. The minimum Gasteiger partial charge on any atom is -0.431 e. The van der Waals surface area contributed by atoms with Crippen LogP contribution in [0, 0.1) is 5.82 Å². The van der Waals surface area contributed by atoms with E-state index in [9.17, 15) is 9.18 Å². The Morgan fingerprint density at radius 2 is 1.94 bits per heavy atom. The molecule has 162 valence electrons. The first-order valence-electron chi connectivity index (χ1n) is 10.7. The van der Waals surface area contributed by atoms with Crippen LogP contribution in [0.25, 0.3) is 10.2 Å². The molecular weight excluding hydrogens is 415 g/mol. The molecule has 3 aromatic rings. The number of amides is 2. The van der Waals surface area contributed by atoms with Crippen molar-refractivity contribution in [3.05, 3.63) is 53.8 Å². The average Bonchev–Trinajstić information content (AvgIpc) is 3.23. The van der Waals surface area contributed by atoms with E-state index in [1.165, 1.54) is 41.9 Å². The lowest BCUT2D eigenvalue weighted by Crippen LogP contribution is -2.51. The van der Waals surface area contributed by atoms with Crippen molar-refractivity contribution in [2.75, 3.05) is 6.54 Å². The molecule has 8 heteroatoms. The number of piperidine rings is 1. The fourth-order valence-corrected chi connectivity index (χ4v) is 5.82. The predicted molar refractivity (Wildman–Crippen MR) is 119 cm³/mol. The van der Waals surface area contributed by atoms with Gasteiger partial charge < -0.3 is 15.8 Å². The molecule has 0 radical (unpaired) electrons. The third kappa shape index (κ3) is 4.50. The Balaban J connectivity index is 1.17. The number of fused-ring (bicyclic) bond motifs is 3. The predicted octanol–water partition coefficient (Wildman–Crippen LogP) is 4.43. The number of carbonyl (C=O) groups excluding carboxylic acids is 1. The monoisotopic (exact) mass is 440 g/mol. The summed E-state index contributed by atoms with van der Waals surface area (Å²) in [6.07, 6.45) is 5.33. The average molecular weight is 441 g/mol. The number of ether oxygens (including phenoxy) is 1. The number of carbonyl (C=O) groups is 1. The summed E-state index contributed by atoms with van der Waals surface area (Å²) < 4.78 is 20.0. The lowest BCUT2D eigenvalue weighted by molar-refractivity contribution is 0.121. The molecule has 0 spiro atoms. The lowest BCUT2D eigenvalue weighted by atomic mass is 9.96.